The number of anilines is 1. The lowest BCUT2D eigenvalue weighted by molar-refractivity contribution is 0.415. The molecule has 0 radical (unpaired) electrons. The zero-order chi connectivity index (χ0) is 14.8. The van der Waals surface area contributed by atoms with Crippen molar-refractivity contribution in [1.29, 1.82) is 0 Å². The second-order valence-electron chi connectivity index (χ2n) is 4.55. The highest BCUT2D eigenvalue weighted by Crippen LogP contribution is 2.32. The van der Waals surface area contributed by atoms with Crippen molar-refractivity contribution in [2.24, 2.45) is 0 Å². The largest absolute Gasteiger partial charge is 0.497 e. The van der Waals surface area contributed by atoms with Crippen molar-refractivity contribution in [1.82, 2.24) is 0 Å². The molecule has 5 heteroatoms. The van der Waals surface area contributed by atoms with E-state index in [1.807, 2.05) is 36.4 Å². The molecule has 3 nitrogen and oxygen atoms in total. The van der Waals surface area contributed by atoms with Crippen LogP contribution in [0.4, 0.5) is 5.69 Å². The lowest BCUT2D eigenvalue weighted by Gasteiger charge is -2.09. The van der Waals surface area contributed by atoms with E-state index in [4.69, 9.17) is 32.4 Å². The summed E-state index contributed by atoms with van der Waals surface area (Å²) < 4.78 is 10.7. The SMILES string of the molecule is COc1ccc(Cl)c(NCc2c(Cl)oc3ccccc23)c1. The van der Waals surface area contributed by atoms with Crippen LogP contribution in [-0.2, 0) is 6.54 Å². The van der Waals surface area contributed by atoms with Crippen LogP contribution in [-0.4, -0.2) is 7.11 Å². The van der Waals surface area contributed by atoms with Crippen molar-refractivity contribution >= 4 is 39.9 Å². The minimum atomic E-state index is 0.391. The van der Waals surface area contributed by atoms with Gasteiger partial charge in [-0.1, -0.05) is 29.8 Å². The molecule has 0 fully saturated rings. The van der Waals surface area contributed by atoms with Crippen molar-refractivity contribution in [2.75, 3.05) is 12.4 Å². The van der Waals surface area contributed by atoms with E-state index < -0.39 is 0 Å². The van der Waals surface area contributed by atoms with Crippen LogP contribution in [0.2, 0.25) is 10.2 Å². The summed E-state index contributed by atoms with van der Waals surface area (Å²) in [6.45, 7) is 0.517. The highest BCUT2D eigenvalue weighted by atomic mass is 35.5. The van der Waals surface area contributed by atoms with Crippen molar-refractivity contribution in [3.05, 3.63) is 58.3 Å². The van der Waals surface area contributed by atoms with Crippen LogP contribution >= 0.6 is 23.2 Å². The smallest absolute Gasteiger partial charge is 0.199 e. The van der Waals surface area contributed by atoms with E-state index in [0.717, 1.165) is 28.0 Å². The van der Waals surface area contributed by atoms with Crippen LogP contribution in [0.1, 0.15) is 5.56 Å². The fraction of sp³-hybridized carbons (Fsp3) is 0.125. The van der Waals surface area contributed by atoms with Gasteiger partial charge >= 0.3 is 0 Å². The van der Waals surface area contributed by atoms with Crippen LogP contribution in [0, 0.1) is 0 Å². The predicted octanol–water partition coefficient (Wildman–Crippen LogP) is 5.36. The number of rotatable bonds is 4. The first-order valence-corrected chi connectivity index (χ1v) is 7.18. The highest BCUT2D eigenvalue weighted by Gasteiger charge is 2.12. The molecule has 0 aliphatic heterocycles. The minimum absolute atomic E-state index is 0.391. The van der Waals surface area contributed by atoms with Gasteiger partial charge in [0.1, 0.15) is 11.3 Å². The van der Waals surface area contributed by atoms with Crippen molar-refractivity contribution in [3.8, 4) is 5.75 Å². The second-order valence-corrected chi connectivity index (χ2v) is 5.30. The summed E-state index contributed by atoms with van der Waals surface area (Å²) >= 11 is 12.3. The zero-order valence-electron chi connectivity index (χ0n) is 11.3. The molecular weight excluding hydrogens is 309 g/mol. The van der Waals surface area contributed by atoms with E-state index in [2.05, 4.69) is 5.32 Å². The summed E-state index contributed by atoms with van der Waals surface area (Å²) in [7, 11) is 1.62. The van der Waals surface area contributed by atoms with Gasteiger partial charge in [-0.25, -0.2) is 0 Å². The molecule has 0 spiro atoms. The Labute approximate surface area is 132 Å². The van der Waals surface area contributed by atoms with Crippen molar-refractivity contribution < 1.29 is 9.15 Å². The summed E-state index contributed by atoms with van der Waals surface area (Å²) in [5.74, 6) is 0.741. The number of para-hydroxylation sites is 1. The van der Waals surface area contributed by atoms with Crippen LogP contribution in [0.5, 0.6) is 5.75 Å². The normalized spacial score (nSPS) is 10.8. The molecule has 0 unspecified atom stereocenters. The lowest BCUT2D eigenvalue weighted by atomic mass is 10.1. The monoisotopic (exact) mass is 321 g/mol. The van der Waals surface area contributed by atoms with Gasteiger partial charge in [-0.3, -0.25) is 0 Å². The molecule has 0 atom stereocenters. The molecule has 108 valence electrons. The first kappa shape index (κ1) is 14.1. The number of hydrogen-bond acceptors (Lipinski definition) is 3. The molecule has 3 rings (SSSR count). The Bertz CT molecular complexity index is 783. The van der Waals surface area contributed by atoms with Crippen LogP contribution < -0.4 is 10.1 Å². The van der Waals surface area contributed by atoms with Crippen LogP contribution in [0.15, 0.2) is 46.9 Å². The van der Waals surface area contributed by atoms with Gasteiger partial charge in [0.25, 0.3) is 0 Å². The fourth-order valence-electron chi connectivity index (χ4n) is 2.18. The standard InChI is InChI=1S/C16H13Cl2NO2/c1-20-10-6-7-13(17)14(8-10)19-9-12-11-4-2-3-5-15(11)21-16(12)18/h2-8,19H,9H2,1H3. The summed E-state index contributed by atoms with van der Waals surface area (Å²) in [6, 6.07) is 13.2. The Kier molecular flexibility index (Phi) is 3.95. The number of methoxy groups -OCH3 is 1. The number of hydrogen-bond donors (Lipinski definition) is 1. The van der Waals surface area contributed by atoms with E-state index in [1.165, 1.54) is 0 Å². The van der Waals surface area contributed by atoms with Gasteiger partial charge in [0.2, 0.25) is 0 Å². The van der Waals surface area contributed by atoms with E-state index >= 15 is 0 Å². The number of benzene rings is 2. The molecule has 2 aromatic carbocycles. The Balaban J connectivity index is 1.88. The Morgan fingerprint density at radius 2 is 1.95 bits per heavy atom. The molecule has 3 aromatic rings. The summed E-state index contributed by atoms with van der Waals surface area (Å²) in [4.78, 5) is 0. The number of halogens is 2. The average Bonchev–Trinajstić information content (AvgIpc) is 2.82. The van der Waals surface area contributed by atoms with Gasteiger partial charge in [-0.05, 0) is 29.8 Å². The minimum Gasteiger partial charge on any atom is -0.497 e. The molecule has 0 bridgehead atoms. The third-order valence-corrected chi connectivity index (χ3v) is 3.91. The fourth-order valence-corrected chi connectivity index (χ4v) is 2.62. The van der Waals surface area contributed by atoms with E-state index in [9.17, 15) is 0 Å². The second kappa shape index (κ2) is 5.88. The van der Waals surface area contributed by atoms with E-state index in [-0.39, 0.29) is 0 Å². The first-order valence-electron chi connectivity index (χ1n) is 6.42. The van der Waals surface area contributed by atoms with Crippen LogP contribution in [0.25, 0.3) is 11.0 Å². The third-order valence-electron chi connectivity index (χ3n) is 3.28. The van der Waals surface area contributed by atoms with Gasteiger partial charge in [-0.2, -0.15) is 0 Å². The number of furan rings is 1. The molecule has 0 amide bonds. The van der Waals surface area contributed by atoms with Crippen molar-refractivity contribution in [2.45, 2.75) is 6.54 Å². The Morgan fingerprint density at radius 1 is 1.14 bits per heavy atom. The maximum atomic E-state index is 6.18. The van der Waals surface area contributed by atoms with Crippen LogP contribution in [0.3, 0.4) is 0 Å². The molecule has 1 N–H and O–H groups in total. The summed E-state index contributed by atoms with van der Waals surface area (Å²) in [6.07, 6.45) is 0. The molecule has 0 aliphatic rings. The Morgan fingerprint density at radius 3 is 2.76 bits per heavy atom. The molecule has 1 aromatic heterocycles. The van der Waals surface area contributed by atoms with Crippen molar-refractivity contribution in [3.63, 3.8) is 0 Å². The predicted molar refractivity (Wildman–Crippen MR) is 86.6 cm³/mol. The van der Waals surface area contributed by atoms with E-state index in [1.54, 1.807) is 13.2 Å². The Hall–Kier alpha value is -1.84. The molecule has 1 heterocycles. The summed E-state index contributed by atoms with van der Waals surface area (Å²) in [5.41, 5.74) is 2.47. The van der Waals surface area contributed by atoms with Gasteiger partial charge in [0.15, 0.2) is 5.22 Å². The van der Waals surface area contributed by atoms with Gasteiger partial charge < -0.3 is 14.5 Å². The average molecular weight is 322 g/mol. The van der Waals surface area contributed by atoms with Gasteiger partial charge in [0, 0.05) is 23.6 Å². The maximum absolute atomic E-state index is 6.18. The number of ether oxygens (including phenoxy) is 1. The highest BCUT2D eigenvalue weighted by molar-refractivity contribution is 6.33. The quantitative estimate of drug-likeness (QED) is 0.702. The molecule has 0 aliphatic carbocycles. The molecule has 0 saturated carbocycles. The number of nitrogens with one attached hydrogen (secondary N) is 1. The zero-order valence-corrected chi connectivity index (χ0v) is 12.8. The molecule has 0 saturated heterocycles. The van der Waals surface area contributed by atoms with Gasteiger partial charge in [-0.15, -0.1) is 0 Å². The third kappa shape index (κ3) is 2.80. The first-order chi connectivity index (χ1) is 10.2. The topological polar surface area (TPSA) is 34.4 Å². The van der Waals surface area contributed by atoms with E-state index in [0.29, 0.717) is 16.8 Å². The molecular formula is C16H13Cl2NO2. The summed E-state index contributed by atoms with van der Waals surface area (Å²) in [5, 5.41) is 5.28. The number of fused-ring (bicyclic) bond motifs is 1. The molecule has 21 heavy (non-hydrogen) atoms. The lowest BCUT2D eigenvalue weighted by Crippen LogP contribution is -2.00. The van der Waals surface area contributed by atoms with Gasteiger partial charge in [0.05, 0.1) is 17.8 Å². The maximum Gasteiger partial charge on any atom is 0.199 e.